The van der Waals surface area contributed by atoms with Crippen LogP contribution in [0.15, 0.2) is 24.3 Å². The molecule has 0 saturated heterocycles. The first-order valence-electron chi connectivity index (χ1n) is 4.96. The standard InChI is InChI=1S/C11H11IN4O/c1-6-9(13)10(16-15-6)14-11(17)7-4-2-3-5-8(7)12/h2-5H,13H2,1H3,(H2,14,15,16,17). The number of hydrogen-bond donors (Lipinski definition) is 3. The second-order valence-electron chi connectivity index (χ2n) is 3.54. The highest BCUT2D eigenvalue weighted by Gasteiger charge is 2.13. The summed E-state index contributed by atoms with van der Waals surface area (Å²) in [6.07, 6.45) is 0. The van der Waals surface area contributed by atoms with Gasteiger partial charge >= 0.3 is 0 Å². The smallest absolute Gasteiger partial charge is 0.257 e. The number of hydrogen-bond acceptors (Lipinski definition) is 3. The van der Waals surface area contributed by atoms with Gasteiger partial charge in [0.2, 0.25) is 0 Å². The summed E-state index contributed by atoms with van der Waals surface area (Å²) in [7, 11) is 0. The Bertz CT molecular complexity index is 564. The van der Waals surface area contributed by atoms with Gasteiger partial charge in [0.05, 0.1) is 16.9 Å². The van der Waals surface area contributed by atoms with Crippen molar-refractivity contribution in [2.75, 3.05) is 11.1 Å². The molecule has 0 fully saturated rings. The van der Waals surface area contributed by atoms with Crippen LogP contribution in [0.2, 0.25) is 0 Å². The van der Waals surface area contributed by atoms with Crippen molar-refractivity contribution in [1.29, 1.82) is 0 Å². The fraction of sp³-hybridized carbons (Fsp3) is 0.0909. The molecule has 0 aliphatic carbocycles. The molecule has 2 aromatic rings. The van der Waals surface area contributed by atoms with E-state index in [1.165, 1.54) is 0 Å². The lowest BCUT2D eigenvalue weighted by Gasteiger charge is -2.04. The van der Waals surface area contributed by atoms with Crippen molar-refractivity contribution >= 4 is 40.0 Å². The first-order valence-corrected chi connectivity index (χ1v) is 6.04. The number of nitrogens with one attached hydrogen (secondary N) is 2. The maximum atomic E-state index is 12.0. The van der Waals surface area contributed by atoms with E-state index < -0.39 is 0 Å². The maximum Gasteiger partial charge on any atom is 0.257 e. The summed E-state index contributed by atoms with van der Waals surface area (Å²) in [6.45, 7) is 1.80. The number of rotatable bonds is 2. The number of nitrogen functional groups attached to an aromatic ring is 1. The monoisotopic (exact) mass is 342 g/mol. The summed E-state index contributed by atoms with van der Waals surface area (Å²) in [6, 6.07) is 7.32. The van der Waals surface area contributed by atoms with Crippen LogP contribution < -0.4 is 11.1 Å². The highest BCUT2D eigenvalue weighted by atomic mass is 127. The molecule has 1 heterocycles. The van der Waals surface area contributed by atoms with Crippen LogP contribution in [0.1, 0.15) is 16.1 Å². The predicted molar refractivity (Wildman–Crippen MR) is 74.8 cm³/mol. The molecule has 0 bridgehead atoms. The third kappa shape index (κ3) is 2.41. The van der Waals surface area contributed by atoms with Crippen LogP contribution in [-0.2, 0) is 0 Å². The number of nitrogens with zero attached hydrogens (tertiary/aromatic N) is 1. The number of benzene rings is 1. The minimum absolute atomic E-state index is 0.215. The van der Waals surface area contributed by atoms with E-state index in [4.69, 9.17) is 5.73 Å². The molecule has 0 atom stereocenters. The van der Waals surface area contributed by atoms with Crippen LogP contribution in [0.4, 0.5) is 11.5 Å². The number of aryl methyl sites for hydroxylation is 1. The molecule has 1 aromatic carbocycles. The molecular formula is C11H11IN4O. The fourth-order valence-electron chi connectivity index (χ4n) is 1.35. The average Bonchev–Trinajstić information content (AvgIpc) is 2.61. The highest BCUT2D eigenvalue weighted by molar-refractivity contribution is 14.1. The Hall–Kier alpha value is -1.57. The number of amides is 1. The molecule has 2 rings (SSSR count). The largest absolute Gasteiger partial charge is 0.394 e. The van der Waals surface area contributed by atoms with Crippen LogP contribution in [-0.4, -0.2) is 16.1 Å². The van der Waals surface area contributed by atoms with Gasteiger partial charge in [-0.3, -0.25) is 9.89 Å². The van der Waals surface area contributed by atoms with Crippen molar-refractivity contribution in [3.63, 3.8) is 0 Å². The highest BCUT2D eigenvalue weighted by Crippen LogP contribution is 2.20. The van der Waals surface area contributed by atoms with Crippen molar-refractivity contribution in [1.82, 2.24) is 10.2 Å². The van der Waals surface area contributed by atoms with E-state index in [1.54, 1.807) is 13.0 Å². The molecule has 4 N–H and O–H groups in total. The molecule has 17 heavy (non-hydrogen) atoms. The van der Waals surface area contributed by atoms with E-state index in [0.717, 1.165) is 9.26 Å². The minimum atomic E-state index is -0.215. The topological polar surface area (TPSA) is 83.8 Å². The van der Waals surface area contributed by atoms with E-state index in [-0.39, 0.29) is 5.91 Å². The van der Waals surface area contributed by atoms with Gasteiger partial charge in [0.25, 0.3) is 5.91 Å². The summed E-state index contributed by atoms with van der Waals surface area (Å²) in [5.41, 5.74) is 7.56. The first kappa shape index (κ1) is 11.9. The van der Waals surface area contributed by atoms with Crippen LogP contribution >= 0.6 is 22.6 Å². The second kappa shape index (κ2) is 4.74. The van der Waals surface area contributed by atoms with Gasteiger partial charge < -0.3 is 11.1 Å². The average molecular weight is 342 g/mol. The van der Waals surface area contributed by atoms with E-state index in [2.05, 4.69) is 38.1 Å². The SMILES string of the molecule is Cc1[nH]nc(NC(=O)c2ccccc2I)c1N. The Balaban J connectivity index is 2.23. The first-order chi connectivity index (χ1) is 8.09. The number of carbonyl (C=O) groups is 1. The predicted octanol–water partition coefficient (Wildman–Crippen LogP) is 2.16. The third-order valence-corrected chi connectivity index (χ3v) is 3.29. The Kier molecular flexibility index (Phi) is 3.32. The van der Waals surface area contributed by atoms with Gasteiger partial charge in [-0.1, -0.05) is 12.1 Å². The zero-order valence-electron chi connectivity index (χ0n) is 9.12. The molecule has 0 unspecified atom stereocenters. The summed E-state index contributed by atoms with van der Waals surface area (Å²) in [5, 5.41) is 9.32. The summed E-state index contributed by atoms with van der Waals surface area (Å²) in [5.74, 6) is 0.153. The second-order valence-corrected chi connectivity index (χ2v) is 4.71. The van der Waals surface area contributed by atoms with E-state index in [1.807, 2.05) is 18.2 Å². The molecular weight excluding hydrogens is 331 g/mol. The van der Waals surface area contributed by atoms with Crippen molar-refractivity contribution in [2.45, 2.75) is 6.92 Å². The fourth-order valence-corrected chi connectivity index (χ4v) is 1.99. The normalized spacial score (nSPS) is 10.2. The van der Waals surface area contributed by atoms with E-state index in [9.17, 15) is 4.79 Å². The molecule has 0 aliphatic rings. The molecule has 1 amide bonds. The van der Waals surface area contributed by atoms with Crippen LogP contribution in [0.5, 0.6) is 0 Å². The molecule has 0 radical (unpaired) electrons. The summed E-state index contributed by atoms with van der Waals surface area (Å²) in [4.78, 5) is 12.0. The lowest BCUT2D eigenvalue weighted by molar-refractivity contribution is 0.102. The van der Waals surface area contributed by atoms with Crippen molar-refractivity contribution in [3.05, 3.63) is 39.1 Å². The Morgan fingerprint density at radius 3 is 2.76 bits per heavy atom. The van der Waals surface area contributed by atoms with E-state index in [0.29, 0.717) is 17.1 Å². The third-order valence-electron chi connectivity index (χ3n) is 2.34. The zero-order chi connectivity index (χ0) is 12.4. The molecule has 88 valence electrons. The molecule has 0 saturated carbocycles. The van der Waals surface area contributed by atoms with Crippen LogP contribution in [0, 0.1) is 10.5 Å². The van der Waals surface area contributed by atoms with Crippen molar-refractivity contribution in [2.24, 2.45) is 0 Å². The van der Waals surface area contributed by atoms with Gasteiger partial charge in [-0.15, -0.1) is 0 Å². The van der Waals surface area contributed by atoms with Crippen LogP contribution in [0.3, 0.4) is 0 Å². The molecule has 0 spiro atoms. The number of H-pyrrole nitrogens is 1. The Morgan fingerprint density at radius 1 is 1.47 bits per heavy atom. The lowest BCUT2D eigenvalue weighted by atomic mass is 10.2. The Morgan fingerprint density at radius 2 is 2.18 bits per heavy atom. The summed E-state index contributed by atoms with van der Waals surface area (Å²) < 4.78 is 0.883. The van der Waals surface area contributed by atoms with Gasteiger partial charge in [0.1, 0.15) is 0 Å². The van der Waals surface area contributed by atoms with Gasteiger partial charge in [0, 0.05) is 3.57 Å². The number of carbonyl (C=O) groups excluding carboxylic acids is 1. The number of aromatic nitrogens is 2. The molecule has 6 heteroatoms. The Labute approximate surface area is 112 Å². The minimum Gasteiger partial charge on any atom is -0.394 e. The lowest BCUT2D eigenvalue weighted by Crippen LogP contribution is -2.14. The molecule has 1 aromatic heterocycles. The van der Waals surface area contributed by atoms with E-state index >= 15 is 0 Å². The molecule has 5 nitrogen and oxygen atoms in total. The van der Waals surface area contributed by atoms with Crippen molar-refractivity contribution in [3.8, 4) is 0 Å². The number of anilines is 2. The van der Waals surface area contributed by atoms with Gasteiger partial charge in [-0.25, -0.2) is 0 Å². The number of nitrogens with two attached hydrogens (primary N) is 1. The van der Waals surface area contributed by atoms with Crippen molar-refractivity contribution < 1.29 is 4.79 Å². The van der Waals surface area contributed by atoms with Crippen LogP contribution in [0.25, 0.3) is 0 Å². The quantitative estimate of drug-likeness (QED) is 0.732. The molecule has 0 aliphatic heterocycles. The van der Waals surface area contributed by atoms with Gasteiger partial charge in [-0.2, -0.15) is 5.10 Å². The number of aromatic amines is 1. The summed E-state index contributed by atoms with van der Waals surface area (Å²) >= 11 is 2.11. The van der Waals surface area contributed by atoms with Gasteiger partial charge in [0.15, 0.2) is 5.82 Å². The zero-order valence-corrected chi connectivity index (χ0v) is 11.3. The number of halogens is 1. The van der Waals surface area contributed by atoms with Gasteiger partial charge in [-0.05, 0) is 41.6 Å². The maximum absolute atomic E-state index is 12.0.